The third-order valence-electron chi connectivity index (χ3n) is 2.60. The van der Waals surface area contributed by atoms with Crippen LogP contribution in [-0.2, 0) is 0 Å². The fourth-order valence-corrected chi connectivity index (χ4v) is 1.83. The summed E-state index contributed by atoms with van der Waals surface area (Å²) in [7, 11) is 0. The van der Waals surface area contributed by atoms with Crippen molar-refractivity contribution in [1.82, 2.24) is 15.0 Å². The van der Waals surface area contributed by atoms with Crippen LogP contribution in [-0.4, -0.2) is 15.0 Å². The van der Waals surface area contributed by atoms with Gasteiger partial charge in [-0.15, -0.1) is 0 Å². The van der Waals surface area contributed by atoms with Gasteiger partial charge in [-0.2, -0.15) is 4.98 Å². The van der Waals surface area contributed by atoms with E-state index >= 15 is 0 Å². The summed E-state index contributed by atoms with van der Waals surface area (Å²) in [6.07, 6.45) is 3.00. The molecule has 0 saturated carbocycles. The summed E-state index contributed by atoms with van der Waals surface area (Å²) in [6.45, 7) is 0. The number of anilines is 1. The first-order valence-corrected chi connectivity index (χ1v) is 5.91. The van der Waals surface area contributed by atoms with E-state index in [9.17, 15) is 0 Å². The van der Waals surface area contributed by atoms with E-state index in [1.165, 1.54) is 6.33 Å². The molecule has 3 rings (SSSR count). The van der Waals surface area contributed by atoms with Gasteiger partial charge in [-0.05, 0) is 12.1 Å². The van der Waals surface area contributed by atoms with Crippen molar-refractivity contribution < 1.29 is 4.74 Å². The highest BCUT2D eigenvalue weighted by Gasteiger charge is 2.10. The Kier molecular flexibility index (Phi) is 2.89. The number of nitrogen functional groups attached to an aromatic ring is 1. The molecule has 0 aliphatic rings. The van der Waals surface area contributed by atoms with Gasteiger partial charge in [0.1, 0.15) is 17.5 Å². The van der Waals surface area contributed by atoms with Crippen molar-refractivity contribution in [2.24, 2.45) is 0 Å². The second-order valence-electron chi connectivity index (χ2n) is 3.82. The number of benzene rings is 1. The molecular formula is C13H9ClN4O. The van der Waals surface area contributed by atoms with E-state index in [0.29, 0.717) is 5.75 Å². The molecule has 0 aliphatic carbocycles. The summed E-state index contributed by atoms with van der Waals surface area (Å²) in [4.78, 5) is 12.0. The zero-order valence-corrected chi connectivity index (χ0v) is 10.5. The van der Waals surface area contributed by atoms with Crippen LogP contribution in [0.3, 0.4) is 0 Å². The van der Waals surface area contributed by atoms with Gasteiger partial charge in [0, 0.05) is 11.6 Å². The standard InChI is InChI=1S/C13H9ClN4O/c14-12-10(15)13(18-7-17-12)19-9-5-1-3-8-4-2-6-16-11(8)9/h1-7H,15H2. The van der Waals surface area contributed by atoms with E-state index in [2.05, 4.69) is 15.0 Å². The van der Waals surface area contributed by atoms with Crippen molar-refractivity contribution >= 4 is 28.2 Å². The number of fused-ring (bicyclic) bond motifs is 1. The number of rotatable bonds is 2. The van der Waals surface area contributed by atoms with Gasteiger partial charge in [0.15, 0.2) is 10.9 Å². The molecule has 0 fully saturated rings. The second-order valence-corrected chi connectivity index (χ2v) is 4.17. The maximum Gasteiger partial charge on any atom is 0.247 e. The molecule has 0 radical (unpaired) electrons. The number of pyridine rings is 1. The molecule has 94 valence electrons. The molecule has 0 saturated heterocycles. The predicted octanol–water partition coefficient (Wildman–Crippen LogP) is 3.05. The fourth-order valence-electron chi connectivity index (χ4n) is 1.70. The molecule has 0 bridgehead atoms. The molecule has 0 aliphatic heterocycles. The first-order chi connectivity index (χ1) is 9.25. The van der Waals surface area contributed by atoms with E-state index in [4.69, 9.17) is 22.1 Å². The Labute approximate surface area is 114 Å². The van der Waals surface area contributed by atoms with Crippen LogP contribution in [0.15, 0.2) is 42.9 Å². The van der Waals surface area contributed by atoms with Crippen molar-refractivity contribution in [3.8, 4) is 11.6 Å². The summed E-state index contributed by atoms with van der Waals surface area (Å²) >= 11 is 5.83. The van der Waals surface area contributed by atoms with Gasteiger partial charge < -0.3 is 10.5 Å². The quantitative estimate of drug-likeness (QED) is 0.726. The topological polar surface area (TPSA) is 73.9 Å². The molecule has 3 aromatic rings. The minimum absolute atomic E-state index is 0.165. The van der Waals surface area contributed by atoms with Crippen molar-refractivity contribution in [2.45, 2.75) is 0 Å². The molecular weight excluding hydrogens is 264 g/mol. The molecule has 0 spiro atoms. The van der Waals surface area contributed by atoms with Crippen molar-refractivity contribution in [3.05, 3.63) is 48.0 Å². The van der Waals surface area contributed by atoms with Gasteiger partial charge in [0.25, 0.3) is 0 Å². The molecule has 1 aromatic carbocycles. The Morgan fingerprint density at radius 1 is 1.05 bits per heavy atom. The lowest BCUT2D eigenvalue weighted by atomic mass is 10.2. The van der Waals surface area contributed by atoms with E-state index in [1.807, 2.05) is 24.3 Å². The van der Waals surface area contributed by atoms with Crippen LogP contribution in [0.2, 0.25) is 5.15 Å². The van der Waals surface area contributed by atoms with Crippen LogP contribution in [0, 0.1) is 0 Å². The van der Waals surface area contributed by atoms with Gasteiger partial charge in [-0.25, -0.2) is 4.98 Å². The zero-order valence-electron chi connectivity index (χ0n) is 9.75. The number of aromatic nitrogens is 3. The summed E-state index contributed by atoms with van der Waals surface area (Å²) in [5.41, 5.74) is 6.71. The molecule has 2 aromatic heterocycles. The van der Waals surface area contributed by atoms with Crippen LogP contribution >= 0.6 is 11.6 Å². The third-order valence-corrected chi connectivity index (χ3v) is 2.90. The molecule has 0 amide bonds. The summed E-state index contributed by atoms with van der Waals surface area (Å²) in [6, 6.07) is 9.43. The SMILES string of the molecule is Nc1c(Cl)ncnc1Oc1cccc2cccnc12. The highest BCUT2D eigenvalue weighted by molar-refractivity contribution is 6.32. The maximum absolute atomic E-state index is 5.83. The molecule has 19 heavy (non-hydrogen) atoms. The van der Waals surface area contributed by atoms with E-state index in [-0.39, 0.29) is 16.7 Å². The summed E-state index contributed by atoms with van der Waals surface area (Å²) < 4.78 is 5.68. The molecule has 6 heteroatoms. The monoisotopic (exact) mass is 272 g/mol. The molecule has 5 nitrogen and oxygen atoms in total. The lowest BCUT2D eigenvalue weighted by Gasteiger charge is -2.09. The average molecular weight is 273 g/mol. The fraction of sp³-hybridized carbons (Fsp3) is 0. The highest BCUT2D eigenvalue weighted by Crippen LogP contribution is 2.32. The Hall–Kier alpha value is -2.40. The van der Waals surface area contributed by atoms with Gasteiger partial charge in [0.05, 0.1) is 0 Å². The lowest BCUT2D eigenvalue weighted by Crippen LogP contribution is -1.98. The van der Waals surface area contributed by atoms with Gasteiger partial charge in [-0.3, -0.25) is 4.98 Å². The number of nitrogens with two attached hydrogens (primary N) is 1. The second kappa shape index (κ2) is 4.70. The maximum atomic E-state index is 5.83. The van der Waals surface area contributed by atoms with Crippen molar-refractivity contribution in [1.29, 1.82) is 0 Å². The molecule has 2 heterocycles. The minimum atomic E-state index is 0.165. The van der Waals surface area contributed by atoms with Crippen molar-refractivity contribution in [2.75, 3.05) is 5.73 Å². The first kappa shape index (κ1) is 11.7. The van der Waals surface area contributed by atoms with Crippen LogP contribution in [0.5, 0.6) is 11.6 Å². The largest absolute Gasteiger partial charge is 0.435 e. The first-order valence-electron chi connectivity index (χ1n) is 5.53. The number of halogens is 1. The summed E-state index contributed by atoms with van der Waals surface area (Å²) in [5, 5.41) is 1.14. The molecule has 2 N–H and O–H groups in total. The summed E-state index contributed by atoms with van der Waals surface area (Å²) in [5.74, 6) is 0.790. The number of ether oxygens (including phenoxy) is 1. The smallest absolute Gasteiger partial charge is 0.247 e. The Morgan fingerprint density at radius 2 is 1.89 bits per heavy atom. The number of hydrogen-bond donors (Lipinski definition) is 1. The lowest BCUT2D eigenvalue weighted by molar-refractivity contribution is 0.468. The third kappa shape index (κ3) is 2.15. The normalized spacial score (nSPS) is 10.6. The minimum Gasteiger partial charge on any atom is -0.435 e. The number of hydrogen-bond acceptors (Lipinski definition) is 5. The Balaban J connectivity index is 2.09. The van der Waals surface area contributed by atoms with Gasteiger partial charge in [-0.1, -0.05) is 29.8 Å². The van der Waals surface area contributed by atoms with Gasteiger partial charge >= 0.3 is 0 Å². The molecule has 0 atom stereocenters. The van der Waals surface area contributed by atoms with Crippen LogP contribution in [0.1, 0.15) is 0 Å². The van der Waals surface area contributed by atoms with Crippen LogP contribution in [0.25, 0.3) is 10.9 Å². The van der Waals surface area contributed by atoms with E-state index in [0.717, 1.165) is 10.9 Å². The predicted molar refractivity (Wildman–Crippen MR) is 73.3 cm³/mol. The molecule has 0 unspecified atom stereocenters. The Bertz CT molecular complexity index is 742. The highest BCUT2D eigenvalue weighted by atomic mass is 35.5. The average Bonchev–Trinajstić information content (AvgIpc) is 2.44. The van der Waals surface area contributed by atoms with Crippen LogP contribution < -0.4 is 10.5 Å². The Morgan fingerprint density at radius 3 is 2.79 bits per heavy atom. The zero-order chi connectivity index (χ0) is 13.2. The van der Waals surface area contributed by atoms with Crippen molar-refractivity contribution in [3.63, 3.8) is 0 Å². The van der Waals surface area contributed by atoms with E-state index in [1.54, 1.807) is 12.3 Å². The van der Waals surface area contributed by atoms with E-state index < -0.39 is 0 Å². The van der Waals surface area contributed by atoms with Crippen LogP contribution in [0.4, 0.5) is 5.69 Å². The number of nitrogens with zero attached hydrogens (tertiary/aromatic N) is 3. The van der Waals surface area contributed by atoms with Gasteiger partial charge in [0.2, 0.25) is 5.88 Å². The number of para-hydroxylation sites is 1.